The number of aromatic nitrogens is 2. The molecule has 2 aliphatic carbocycles. The zero-order valence-corrected chi connectivity index (χ0v) is 26.0. The van der Waals surface area contributed by atoms with Crippen molar-refractivity contribution in [3.05, 3.63) is 59.9 Å². The highest BCUT2D eigenvalue weighted by Crippen LogP contribution is 2.36. The Hall–Kier alpha value is -4.15. The Balaban J connectivity index is 1.37. The van der Waals surface area contributed by atoms with Crippen LogP contribution in [0.5, 0.6) is 6.01 Å². The van der Waals surface area contributed by atoms with Gasteiger partial charge in [0, 0.05) is 13.0 Å². The van der Waals surface area contributed by atoms with Gasteiger partial charge in [0.1, 0.15) is 23.8 Å². The van der Waals surface area contributed by atoms with Crippen LogP contribution in [0.4, 0.5) is 4.79 Å². The molecule has 45 heavy (non-hydrogen) atoms. The van der Waals surface area contributed by atoms with Crippen LogP contribution in [0.3, 0.4) is 0 Å². The SMILES string of the molecule is C=CCC[C@@H]1CCC[C@H]1OC(=O)N[C@H](C(=O)N1C[C@H](Oc2nc3ccccc3c(=O)n2CC=C)C[C@@]1(C)C(=O)O)C1CCCC1. The molecule has 1 saturated heterocycles. The monoisotopic (exact) mass is 620 g/mol. The zero-order valence-electron chi connectivity index (χ0n) is 26.0. The van der Waals surface area contributed by atoms with E-state index in [-0.39, 0.29) is 49.0 Å². The normalized spacial score (nSPS) is 25.6. The Kier molecular flexibility index (Phi) is 9.94. The number of carboxylic acid groups (broad SMARTS) is 1. The number of hydrogen-bond donors (Lipinski definition) is 2. The van der Waals surface area contributed by atoms with Gasteiger partial charge in [0.15, 0.2) is 0 Å². The van der Waals surface area contributed by atoms with Gasteiger partial charge in [0.05, 0.1) is 17.4 Å². The van der Waals surface area contributed by atoms with E-state index in [4.69, 9.17) is 9.47 Å². The molecule has 242 valence electrons. The summed E-state index contributed by atoms with van der Waals surface area (Å²) in [5, 5.41) is 13.6. The summed E-state index contributed by atoms with van der Waals surface area (Å²) in [6.45, 7) is 9.12. The lowest BCUT2D eigenvalue weighted by Gasteiger charge is -2.35. The van der Waals surface area contributed by atoms with E-state index in [0.29, 0.717) is 10.9 Å². The second-order valence-electron chi connectivity index (χ2n) is 12.8. The first-order chi connectivity index (χ1) is 21.7. The molecule has 11 heteroatoms. The molecule has 5 rings (SSSR count). The summed E-state index contributed by atoms with van der Waals surface area (Å²) in [7, 11) is 0. The van der Waals surface area contributed by atoms with Gasteiger partial charge in [-0.2, -0.15) is 4.98 Å². The van der Waals surface area contributed by atoms with Crippen LogP contribution in [0.1, 0.15) is 71.1 Å². The first-order valence-corrected chi connectivity index (χ1v) is 16.1. The number of fused-ring (bicyclic) bond motifs is 1. The molecule has 3 fully saturated rings. The molecule has 2 amide bonds. The second-order valence-corrected chi connectivity index (χ2v) is 12.8. The third kappa shape index (κ3) is 6.77. The molecular formula is C34H44N4O7. The highest BCUT2D eigenvalue weighted by atomic mass is 16.6. The van der Waals surface area contributed by atoms with Crippen molar-refractivity contribution in [3.63, 3.8) is 0 Å². The zero-order chi connectivity index (χ0) is 32.1. The van der Waals surface area contributed by atoms with Crippen LogP contribution in [0.25, 0.3) is 10.9 Å². The van der Waals surface area contributed by atoms with Crippen LogP contribution in [-0.4, -0.2) is 67.9 Å². The maximum atomic E-state index is 14.3. The summed E-state index contributed by atoms with van der Waals surface area (Å²) >= 11 is 0. The number of para-hydroxylation sites is 1. The fraction of sp³-hybridized carbons (Fsp3) is 0.559. The van der Waals surface area contributed by atoms with E-state index in [1.165, 1.54) is 16.4 Å². The van der Waals surface area contributed by atoms with Crippen LogP contribution >= 0.6 is 0 Å². The molecule has 2 aromatic rings. The molecule has 5 atom stereocenters. The van der Waals surface area contributed by atoms with E-state index < -0.39 is 35.7 Å². The second kappa shape index (κ2) is 13.9. The van der Waals surface area contributed by atoms with Crippen molar-refractivity contribution in [1.82, 2.24) is 19.8 Å². The largest absolute Gasteiger partial charge is 0.480 e. The van der Waals surface area contributed by atoms with Crippen molar-refractivity contribution in [2.75, 3.05) is 6.54 Å². The summed E-state index contributed by atoms with van der Waals surface area (Å²) in [5.41, 5.74) is -1.46. The molecular weight excluding hydrogens is 576 g/mol. The quantitative estimate of drug-likeness (QED) is 0.322. The Morgan fingerprint density at radius 2 is 1.89 bits per heavy atom. The number of carbonyl (C=O) groups excluding carboxylic acids is 2. The average Bonchev–Trinajstić information content (AvgIpc) is 3.78. The van der Waals surface area contributed by atoms with Gasteiger partial charge in [-0.05, 0) is 75.8 Å². The lowest BCUT2D eigenvalue weighted by atomic mass is 9.93. The molecule has 0 unspecified atom stereocenters. The molecule has 1 aromatic heterocycles. The topological polar surface area (TPSA) is 140 Å². The number of rotatable bonds is 12. The van der Waals surface area contributed by atoms with Crippen molar-refractivity contribution in [1.29, 1.82) is 0 Å². The molecule has 0 spiro atoms. The number of ether oxygens (including phenoxy) is 2. The van der Waals surface area contributed by atoms with Gasteiger partial charge in [-0.1, -0.05) is 37.1 Å². The molecule has 2 saturated carbocycles. The summed E-state index contributed by atoms with van der Waals surface area (Å²) in [6, 6.07) is 6.01. The number of alkyl carbamates (subject to hydrolysis) is 1. The minimum absolute atomic E-state index is 0.0280. The molecule has 1 aliphatic heterocycles. The number of allylic oxidation sites excluding steroid dienone is 2. The van der Waals surface area contributed by atoms with E-state index in [9.17, 15) is 24.3 Å². The van der Waals surface area contributed by atoms with E-state index in [0.717, 1.165) is 57.8 Å². The van der Waals surface area contributed by atoms with Crippen LogP contribution in [0, 0.1) is 11.8 Å². The Bertz CT molecular complexity index is 1500. The minimum atomic E-state index is -1.61. The predicted octanol–water partition coefficient (Wildman–Crippen LogP) is 4.83. The van der Waals surface area contributed by atoms with Crippen LogP contribution in [0.15, 0.2) is 54.4 Å². The van der Waals surface area contributed by atoms with Gasteiger partial charge in [0.2, 0.25) is 5.91 Å². The predicted molar refractivity (Wildman–Crippen MR) is 169 cm³/mol. The summed E-state index contributed by atoms with van der Waals surface area (Å²) in [6.07, 6.45) is 9.58. The van der Waals surface area contributed by atoms with Crippen LogP contribution < -0.4 is 15.6 Å². The van der Waals surface area contributed by atoms with Gasteiger partial charge in [-0.3, -0.25) is 14.2 Å². The highest BCUT2D eigenvalue weighted by Gasteiger charge is 2.53. The Morgan fingerprint density at radius 1 is 1.13 bits per heavy atom. The average molecular weight is 621 g/mol. The maximum Gasteiger partial charge on any atom is 0.408 e. The van der Waals surface area contributed by atoms with Gasteiger partial charge in [-0.25, -0.2) is 9.59 Å². The number of likely N-dealkylation sites (tertiary alicyclic amines) is 1. The molecule has 2 N–H and O–H groups in total. The number of nitrogens with zero attached hydrogens (tertiary/aromatic N) is 3. The number of benzene rings is 1. The molecule has 11 nitrogen and oxygen atoms in total. The first kappa shape index (κ1) is 32.2. The summed E-state index contributed by atoms with van der Waals surface area (Å²) in [5.74, 6) is -1.54. The minimum Gasteiger partial charge on any atom is -0.480 e. The Labute approximate surface area is 263 Å². The highest BCUT2D eigenvalue weighted by molar-refractivity contribution is 5.92. The number of aliphatic carboxylic acids is 1. The lowest BCUT2D eigenvalue weighted by Crippen LogP contribution is -2.59. The first-order valence-electron chi connectivity index (χ1n) is 16.1. The number of amides is 2. The van der Waals surface area contributed by atoms with Crippen molar-refractivity contribution in [2.24, 2.45) is 11.8 Å². The molecule has 2 heterocycles. The van der Waals surface area contributed by atoms with Gasteiger partial charge >= 0.3 is 12.1 Å². The van der Waals surface area contributed by atoms with E-state index in [2.05, 4.69) is 23.5 Å². The molecule has 1 aromatic carbocycles. The number of carbonyl (C=O) groups is 3. The standard InChI is InChI=1S/C34H44N4O7/c1-4-6-12-22-15-11-18-27(22)45-33(43)36-28(23-13-7-8-14-23)30(40)38-21-24(20-34(38,3)31(41)42)44-32-35-26-17-10-9-16-25(26)29(39)37(32)19-5-2/h4-5,9-10,16-17,22-24,27-28H,1-2,6-8,11-15,18-21H2,3H3,(H,36,43)(H,41,42)/t22-,24-,27-,28+,34+/m1/s1. The van der Waals surface area contributed by atoms with E-state index in [1.54, 1.807) is 30.3 Å². The van der Waals surface area contributed by atoms with Gasteiger partial charge in [-0.15, -0.1) is 13.2 Å². The summed E-state index contributed by atoms with van der Waals surface area (Å²) in [4.78, 5) is 59.3. The van der Waals surface area contributed by atoms with E-state index >= 15 is 0 Å². The molecule has 3 aliphatic rings. The van der Waals surface area contributed by atoms with Crippen molar-refractivity contribution in [2.45, 2.75) is 101 Å². The van der Waals surface area contributed by atoms with Crippen LogP contribution in [-0.2, 0) is 20.9 Å². The number of hydrogen-bond acceptors (Lipinski definition) is 7. The van der Waals surface area contributed by atoms with E-state index in [1.807, 2.05) is 6.08 Å². The third-order valence-corrected chi connectivity index (χ3v) is 9.74. The number of carboxylic acids is 1. The molecule has 0 radical (unpaired) electrons. The Morgan fingerprint density at radius 3 is 2.60 bits per heavy atom. The molecule has 0 bridgehead atoms. The summed E-state index contributed by atoms with van der Waals surface area (Å²) < 4.78 is 13.4. The van der Waals surface area contributed by atoms with Crippen LogP contribution in [0.2, 0.25) is 0 Å². The fourth-order valence-corrected chi connectivity index (χ4v) is 7.27. The van der Waals surface area contributed by atoms with Crippen molar-refractivity contribution < 1.29 is 29.0 Å². The fourth-order valence-electron chi connectivity index (χ4n) is 7.27. The smallest absolute Gasteiger partial charge is 0.408 e. The lowest BCUT2D eigenvalue weighted by molar-refractivity contribution is -0.156. The number of nitrogens with one attached hydrogen (secondary N) is 1. The maximum absolute atomic E-state index is 14.3. The van der Waals surface area contributed by atoms with Crippen molar-refractivity contribution in [3.8, 4) is 6.01 Å². The van der Waals surface area contributed by atoms with Gasteiger partial charge < -0.3 is 24.8 Å². The van der Waals surface area contributed by atoms with Crippen molar-refractivity contribution >= 4 is 28.9 Å². The third-order valence-electron chi connectivity index (χ3n) is 9.74. The van der Waals surface area contributed by atoms with Gasteiger partial charge in [0.25, 0.3) is 11.6 Å².